The van der Waals surface area contributed by atoms with E-state index < -0.39 is 83.8 Å². The van der Waals surface area contributed by atoms with Gasteiger partial charge in [0.2, 0.25) is 18.3 Å². The highest BCUT2D eigenvalue weighted by molar-refractivity contribution is 8.00. The molecule has 0 unspecified atom stereocenters. The van der Waals surface area contributed by atoms with Crippen LogP contribution in [0.5, 0.6) is 5.75 Å². The molecule has 8 atom stereocenters. The van der Waals surface area contributed by atoms with Gasteiger partial charge in [0.1, 0.15) is 22.9 Å². The van der Waals surface area contributed by atoms with E-state index in [4.69, 9.17) is 33.2 Å². The number of β-lactam (4-membered cyclic amide) rings is 1. The van der Waals surface area contributed by atoms with E-state index in [9.17, 15) is 33.2 Å². The molecule has 0 bridgehead atoms. The van der Waals surface area contributed by atoms with Gasteiger partial charge in [-0.15, -0.1) is 11.8 Å². The van der Waals surface area contributed by atoms with Crippen molar-refractivity contribution in [3.8, 4) is 16.9 Å². The number of hydrogen-bond donors (Lipinski definition) is 0. The van der Waals surface area contributed by atoms with Crippen LogP contribution in [0.25, 0.3) is 11.1 Å². The number of rotatable bonds is 14. The maximum atomic E-state index is 14.0. The minimum atomic E-state index is -1.65. The van der Waals surface area contributed by atoms with Crippen LogP contribution in [-0.2, 0) is 57.2 Å². The maximum Gasteiger partial charge on any atom is 0.339 e. The van der Waals surface area contributed by atoms with Gasteiger partial charge in [-0.2, -0.15) is 0 Å². The van der Waals surface area contributed by atoms with Gasteiger partial charge < -0.3 is 38.1 Å². The van der Waals surface area contributed by atoms with Crippen molar-refractivity contribution in [1.82, 2.24) is 4.98 Å². The van der Waals surface area contributed by atoms with Crippen LogP contribution >= 0.6 is 11.8 Å². The minimum Gasteiger partial charge on any atom is -0.467 e. The van der Waals surface area contributed by atoms with E-state index in [1.54, 1.807) is 41.6 Å². The summed E-state index contributed by atoms with van der Waals surface area (Å²) in [6.07, 6.45) is -5.20. The van der Waals surface area contributed by atoms with Crippen LogP contribution in [0.15, 0.2) is 97.3 Å². The number of carbonyl (C=O) groups is 6. The summed E-state index contributed by atoms with van der Waals surface area (Å²) in [6, 6.07) is 22.8. The number of nitrogens with zero attached hydrogens (tertiary/aromatic N) is 2. The van der Waals surface area contributed by atoms with Gasteiger partial charge in [0.15, 0.2) is 18.3 Å². The second-order valence-electron chi connectivity index (χ2n) is 13.7. The highest BCUT2D eigenvalue weighted by Gasteiger charge is 2.56. The maximum absolute atomic E-state index is 14.0. The van der Waals surface area contributed by atoms with Crippen molar-refractivity contribution in [2.45, 2.75) is 75.8 Å². The standard InChI is InChI=1S/C43H41FN2O13S/c1-23(47)54-34(28-8-14-31(44)15-9-28)22-60-40-35(46(41(40)51)32-16-10-27(11-17-32)30-7-6-20-45-21-30)29-12-18-33(19-13-29)58-43-39(57-26(4)50)37(56-25(3)49)36(55-24(2)48)38(59-43)42(52)53-5/h6-21,34-40,43H,22H2,1-5H3/t34-,35+,36+,37-,38-,39+,40+,43+/m0/s1. The lowest BCUT2D eigenvalue weighted by Crippen LogP contribution is -2.64. The number of thioether (sulfide) groups is 1. The number of halogens is 1. The zero-order valence-electron chi connectivity index (χ0n) is 33.1. The molecule has 1 aromatic heterocycles. The molecule has 15 nitrogen and oxygen atoms in total. The van der Waals surface area contributed by atoms with Crippen LogP contribution in [0.1, 0.15) is 51.0 Å². The zero-order valence-corrected chi connectivity index (χ0v) is 33.9. The number of ether oxygens (including phenoxy) is 7. The normalized spacial score (nSPS) is 22.7. The Kier molecular flexibility index (Phi) is 13.8. The van der Waals surface area contributed by atoms with Gasteiger partial charge in [-0.3, -0.25) is 29.0 Å². The topological polar surface area (TPSA) is 183 Å². The number of pyridine rings is 1. The summed E-state index contributed by atoms with van der Waals surface area (Å²) < 4.78 is 52.5. The molecule has 3 heterocycles. The van der Waals surface area contributed by atoms with Crippen molar-refractivity contribution >= 4 is 53.2 Å². The van der Waals surface area contributed by atoms with Crippen LogP contribution in [0.4, 0.5) is 10.1 Å². The molecule has 314 valence electrons. The summed E-state index contributed by atoms with van der Waals surface area (Å²) in [5, 5.41) is -0.646. The summed E-state index contributed by atoms with van der Waals surface area (Å²) in [4.78, 5) is 81.4. The number of methoxy groups -OCH3 is 1. The molecule has 4 aromatic rings. The molecule has 17 heteroatoms. The quantitative estimate of drug-likeness (QED) is 0.0886. The zero-order chi connectivity index (χ0) is 43.1. The molecule has 0 saturated carbocycles. The van der Waals surface area contributed by atoms with E-state index in [1.807, 2.05) is 36.4 Å². The first-order valence-electron chi connectivity index (χ1n) is 18.6. The van der Waals surface area contributed by atoms with Crippen LogP contribution in [0.3, 0.4) is 0 Å². The van der Waals surface area contributed by atoms with Crippen molar-refractivity contribution in [2.75, 3.05) is 17.8 Å². The van der Waals surface area contributed by atoms with E-state index >= 15 is 0 Å². The molecule has 2 aliphatic rings. The number of esters is 5. The Labute approximate surface area is 348 Å². The Morgan fingerprint density at radius 1 is 0.783 bits per heavy atom. The van der Waals surface area contributed by atoms with Gasteiger partial charge in [-0.25, -0.2) is 9.18 Å². The highest BCUT2D eigenvalue weighted by Crippen LogP contribution is 2.47. The number of carbonyl (C=O) groups excluding carboxylic acids is 6. The predicted octanol–water partition coefficient (Wildman–Crippen LogP) is 5.45. The molecule has 2 saturated heterocycles. The fourth-order valence-electron chi connectivity index (χ4n) is 6.90. The van der Waals surface area contributed by atoms with E-state index in [0.29, 0.717) is 16.8 Å². The third-order valence-electron chi connectivity index (χ3n) is 9.47. The summed E-state index contributed by atoms with van der Waals surface area (Å²) in [5.74, 6) is -4.32. The average molecular weight is 845 g/mol. The first kappa shape index (κ1) is 43.3. The first-order valence-corrected chi connectivity index (χ1v) is 19.7. The molecule has 0 aliphatic carbocycles. The van der Waals surface area contributed by atoms with Gasteiger partial charge in [0.05, 0.1) is 13.2 Å². The molecular weight excluding hydrogens is 804 g/mol. The lowest BCUT2D eigenvalue weighted by atomic mass is 9.92. The monoisotopic (exact) mass is 844 g/mol. The molecule has 6 rings (SSSR count). The molecule has 3 aromatic carbocycles. The van der Waals surface area contributed by atoms with Gasteiger partial charge >= 0.3 is 29.8 Å². The first-order chi connectivity index (χ1) is 28.7. The van der Waals surface area contributed by atoms with Crippen molar-refractivity contribution < 1.29 is 66.3 Å². The van der Waals surface area contributed by atoms with E-state index in [2.05, 4.69) is 4.98 Å². The second kappa shape index (κ2) is 19.2. The number of hydrogen-bond acceptors (Lipinski definition) is 15. The molecule has 60 heavy (non-hydrogen) atoms. The third kappa shape index (κ3) is 10.1. The lowest BCUT2D eigenvalue weighted by Gasteiger charge is -2.47. The Bertz CT molecular complexity index is 2190. The van der Waals surface area contributed by atoms with E-state index in [0.717, 1.165) is 39.0 Å². The van der Waals surface area contributed by atoms with Gasteiger partial charge in [-0.05, 0) is 64.7 Å². The predicted molar refractivity (Wildman–Crippen MR) is 211 cm³/mol. The SMILES string of the molecule is COC(=O)[C@H]1O[C@@H](Oc2ccc([C@@H]3[C@@H](SC[C@H](OC(C)=O)c4ccc(F)cc4)C(=O)N3c3ccc(-c4cccnc4)cc3)cc2)[C@H](OC(C)=O)[C@@H](OC(C)=O)[C@H]1OC(C)=O. The minimum absolute atomic E-state index is 0.158. The summed E-state index contributed by atoms with van der Waals surface area (Å²) >= 11 is 1.28. The smallest absolute Gasteiger partial charge is 0.339 e. The molecule has 0 radical (unpaired) electrons. The van der Waals surface area contributed by atoms with Crippen molar-refractivity contribution in [2.24, 2.45) is 0 Å². The second-order valence-corrected chi connectivity index (χ2v) is 14.9. The van der Waals surface area contributed by atoms with Crippen LogP contribution in [0.2, 0.25) is 0 Å². The number of anilines is 1. The van der Waals surface area contributed by atoms with Crippen molar-refractivity contribution in [1.29, 1.82) is 0 Å². The molecule has 0 spiro atoms. The summed E-state index contributed by atoms with van der Waals surface area (Å²) in [5.41, 5.74) is 3.66. The summed E-state index contributed by atoms with van der Waals surface area (Å²) in [6.45, 7) is 4.54. The molecule has 1 amide bonds. The Hall–Kier alpha value is -6.33. The Morgan fingerprint density at radius 2 is 1.42 bits per heavy atom. The third-order valence-corrected chi connectivity index (χ3v) is 10.8. The molecular formula is C43H41FN2O13S. The van der Waals surface area contributed by atoms with Crippen LogP contribution < -0.4 is 9.64 Å². The largest absolute Gasteiger partial charge is 0.467 e. The molecule has 2 fully saturated rings. The number of benzene rings is 3. The number of aromatic nitrogens is 1. The number of amides is 1. The van der Waals surface area contributed by atoms with Crippen LogP contribution in [-0.4, -0.2) is 89.6 Å². The van der Waals surface area contributed by atoms with Gasteiger partial charge in [0, 0.05) is 51.5 Å². The Balaban J connectivity index is 1.30. The molecule has 0 N–H and O–H groups in total. The van der Waals surface area contributed by atoms with E-state index in [-0.39, 0.29) is 17.4 Å². The van der Waals surface area contributed by atoms with Gasteiger partial charge in [0.25, 0.3) is 0 Å². The lowest BCUT2D eigenvalue weighted by molar-refractivity contribution is -0.282. The Morgan fingerprint density at radius 3 is 2.00 bits per heavy atom. The highest BCUT2D eigenvalue weighted by atomic mass is 32.2. The summed E-state index contributed by atoms with van der Waals surface area (Å²) in [7, 11) is 1.08. The molecule has 2 aliphatic heterocycles. The van der Waals surface area contributed by atoms with Crippen molar-refractivity contribution in [3.05, 3.63) is 114 Å². The van der Waals surface area contributed by atoms with E-state index in [1.165, 1.54) is 43.0 Å². The van der Waals surface area contributed by atoms with Gasteiger partial charge in [-0.1, -0.05) is 42.5 Å². The van der Waals surface area contributed by atoms with Crippen molar-refractivity contribution in [3.63, 3.8) is 0 Å². The van der Waals surface area contributed by atoms with Crippen LogP contribution in [0, 0.1) is 5.82 Å². The fraction of sp³-hybridized carbons (Fsp3) is 0.326. The fourth-order valence-corrected chi connectivity index (χ4v) is 8.26. The average Bonchev–Trinajstić information content (AvgIpc) is 3.21.